The molecule has 2 aliphatic carbocycles. The molecule has 124 valence electrons. The van der Waals surface area contributed by atoms with E-state index in [1.165, 1.54) is 67.2 Å². The second-order valence-corrected chi connectivity index (χ2v) is 6.63. The SMILES string of the molecule is CCCCCCCCCc1ccc(O)cc1.Cc1cc2cc-2c1. The maximum Gasteiger partial charge on any atom is 0.115 e. The predicted octanol–water partition coefficient (Wildman–Crippen LogP) is 6.66. The number of fused-ring (bicyclic) bond motifs is 1. The van der Waals surface area contributed by atoms with Gasteiger partial charge >= 0.3 is 0 Å². The highest BCUT2D eigenvalue weighted by Gasteiger charge is 2.10. The van der Waals surface area contributed by atoms with Crippen LogP contribution in [0.15, 0.2) is 42.5 Å². The van der Waals surface area contributed by atoms with Crippen LogP contribution in [0.4, 0.5) is 0 Å². The third kappa shape index (κ3) is 6.90. The first-order chi connectivity index (χ1) is 11.2. The molecule has 0 atom stereocenters. The lowest BCUT2D eigenvalue weighted by Crippen LogP contribution is -1.85. The minimum atomic E-state index is 0.364. The number of aryl methyl sites for hydroxylation is 2. The van der Waals surface area contributed by atoms with E-state index >= 15 is 0 Å². The molecule has 0 radical (unpaired) electrons. The van der Waals surface area contributed by atoms with Crippen molar-refractivity contribution in [2.75, 3.05) is 0 Å². The first kappa shape index (κ1) is 17.6. The van der Waals surface area contributed by atoms with E-state index < -0.39 is 0 Å². The lowest BCUT2D eigenvalue weighted by molar-refractivity contribution is 0.475. The number of phenolic OH excluding ortho intramolecular Hbond substituents is 1. The van der Waals surface area contributed by atoms with Crippen molar-refractivity contribution >= 4 is 0 Å². The minimum absolute atomic E-state index is 0.364. The van der Waals surface area contributed by atoms with Crippen molar-refractivity contribution in [1.82, 2.24) is 0 Å². The lowest BCUT2D eigenvalue weighted by Gasteiger charge is -2.02. The van der Waals surface area contributed by atoms with Crippen LogP contribution in [0.1, 0.15) is 63.0 Å². The first-order valence-corrected chi connectivity index (χ1v) is 9.09. The minimum Gasteiger partial charge on any atom is -0.508 e. The summed E-state index contributed by atoms with van der Waals surface area (Å²) in [5, 5.41) is 9.15. The van der Waals surface area contributed by atoms with Crippen LogP contribution in [-0.4, -0.2) is 5.11 Å². The number of phenols is 1. The highest BCUT2D eigenvalue weighted by atomic mass is 16.3. The number of aromatic hydroxyl groups is 1. The van der Waals surface area contributed by atoms with Gasteiger partial charge in [0.05, 0.1) is 0 Å². The van der Waals surface area contributed by atoms with Crippen LogP contribution in [0.3, 0.4) is 0 Å². The molecule has 0 saturated heterocycles. The van der Waals surface area contributed by atoms with Crippen LogP contribution < -0.4 is 0 Å². The maximum absolute atomic E-state index is 9.15. The molecule has 0 saturated carbocycles. The molecular formula is C22H30O. The number of rotatable bonds is 8. The standard InChI is InChI=1S/C15H24O.C7H6/c1-2-3-4-5-6-7-8-9-14-10-12-15(16)13-11-14;1-5-2-6-4-7(6)3-5/h10-13,16H,2-9H2,1H3;2-4H,1H3. The molecule has 2 aliphatic rings. The molecule has 23 heavy (non-hydrogen) atoms. The molecule has 0 fully saturated rings. The Morgan fingerprint density at radius 1 is 0.739 bits per heavy atom. The van der Waals surface area contributed by atoms with E-state index in [9.17, 15) is 0 Å². The summed E-state index contributed by atoms with van der Waals surface area (Å²) in [5.74, 6) is 0.364. The van der Waals surface area contributed by atoms with Gasteiger partial charge in [-0.15, -0.1) is 0 Å². The third-order valence-corrected chi connectivity index (χ3v) is 4.33. The van der Waals surface area contributed by atoms with E-state index in [2.05, 4.69) is 32.0 Å². The topological polar surface area (TPSA) is 20.2 Å². The highest BCUT2D eigenvalue weighted by molar-refractivity contribution is 5.82. The Balaban J connectivity index is 0.000000223. The van der Waals surface area contributed by atoms with Gasteiger partial charge < -0.3 is 5.11 Å². The van der Waals surface area contributed by atoms with Gasteiger partial charge in [-0.2, -0.15) is 0 Å². The van der Waals surface area contributed by atoms with E-state index in [0.717, 1.165) is 6.42 Å². The Morgan fingerprint density at radius 3 is 1.83 bits per heavy atom. The molecule has 1 aromatic rings. The molecule has 1 nitrogen and oxygen atoms in total. The van der Waals surface area contributed by atoms with Crippen LogP contribution in [0, 0.1) is 6.92 Å². The summed E-state index contributed by atoms with van der Waals surface area (Å²) in [7, 11) is 0. The molecule has 3 rings (SSSR count). The fourth-order valence-electron chi connectivity index (χ4n) is 2.86. The first-order valence-electron chi connectivity index (χ1n) is 9.09. The summed E-state index contributed by atoms with van der Waals surface area (Å²) in [6, 6.07) is 14.2. The zero-order valence-corrected chi connectivity index (χ0v) is 14.6. The van der Waals surface area contributed by atoms with Crippen molar-refractivity contribution in [1.29, 1.82) is 0 Å². The molecule has 0 aromatic heterocycles. The van der Waals surface area contributed by atoms with Crippen LogP contribution in [0.5, 0.6) is 5.75 Å². The van der Waals surface area contributed by atoms with Crippen LogP contribution in [-0.2, 0) is 6.42 Å². The summed E-state index contributed by atoms with van der Waals surface area (Å²) < 4.78 is 0. The summed E-state index contributed by atoms with van der Waals surface area (Å²) in [5.41, 5.74) is 5.62. The molecule has 0 amide bonds. The predicted molar refractivity (Wildman–Crippen MR) is 100.0 cm³/mol. The van der Waals surface area contributed by atoms with Crippen LogP contribution >= 0.6 is 0 Å². The van der Waals surface area contributed by atoms with E-state index in [4.69, 9.17) is 5.11 Å². The second-order valence-electron chi connectivity index (χ2n) is 6.63. The van der Waals surface area contributed by atoms with Crippen molar-refractivity contribution in [2.45, 2.75) is 65.2 Å². The Bertz CT molecular complexity index is 563. The van der Waals surface area contributed by atoms with Crippen LogP contribution in [0.25, 0.3) is 11.1 Å². The summed E-state index contributed by atoms with van der Waals surface area (Å²) in [4.78, 5) is 0. The van der Waals surface area contributed by atoms with Gasteiger partial charge in [0, 0.05) is 0 Å². The normalized spacial score (nSPS) is 10.9. The summed E-state index contributed by atoms with van der Waals surface area (Å²) >= 11 is 0. The van der Waals surface area contributed by atoms with Crippen molar-refractivity contribution in [3.8, 4) is 16.9 Å². The molecule has 0 spiro atoms. The van der Waals surface area contributed by atoms with Crippen molar-refractivity contribution < 1.29 is 5.11 Å². The number of unbranched alkanes of at least 4 members (excludes halogenated alkanes) is 6. The Hall–Kier alpha value is -1.76. The van der Waals surface area contributed by atoms with Crippen molar-refractivity contribution in [2.24, 2.45) is 0 Å². The van der Waals surface area contributed by atoms with Gasteiger partial charge in [0.1, 0.15) is 5.75 Å². The Kier molecular flexibility index (Phi) is 7.19. The van der Waals surface area contributed by atoms with E-state index in [0.29, 0.717) is 5.75 Å². The number of benzene rings is 2. The summed E-state index contributed by atoms with van der Waals surface area (Å²) in [6.07, 6.45) is 10.6. The average Bonchev–Trinajstić information content (AvgIpc) is 3.16. The molecular weight excluding hydrogens is 280 g/mol. The van der Waals surface area contributed by atoms with E-state index in [1.807, 2.05) is 12.1 Å². The van der Waals surface area contributed by atoms with Gasteiger partial charge in [0.2, 0.25) is 0 Å². The van der Waals surface area contributed by atoms with Gasteiger partial charge in [-0.3, -0.25) is 0 Å². The zero-order chi connectivity index (χ0) is 16.5. The highest BCUT2D eigenvalue weighted by Crippen LogP contribution is 2.35. The molecule has 1 aromatic carbocycles. The fourth-order valence-corrected chi connectivity index (χ4v) is 2.86. The number of hydrogen-bond donors (Lipinski definition) is 1. The average molecular weight is 310 g/mol. The second kappa shape index (κ2) is 9.39. The van der Waals surface area contributed by atoms with Gasteiger partial charge in [-0.05, 0) is 60.2 Å². The van der Waals surface area contributed by atoms with Crippen molar-refractivity contribution in [3.63, 3.8) is 0 Å². The number of hydrogen-bond acceptors (Lipinski definition) is 1. The van der Waals surface area contributed by atoms with Gasteiger partial charge in [0.25, 0.3) is 0 Å². The smallest absolute Gasteiger partial charge is 0.115 e. The molecule has 0 bridgehead atoms. The van der Waals surface area contributed by atoms with Gasteiger partial charge in [-0.1, -0.05) is 69.7 Å². The van der Waals surface area contributed by atoms with E-state index in [-0.39, 0.29) is 0 Å². The zero-order valence-electron chi connectivity index (χ0n) is 14.6. The quantitative estimate of drug-likeness (QED) is 0.461. The molecule has 1 N–H and O–H groups in total. The van der Waals surface area contributed by atoms with Gasteiger partial charge in [-0.25, -0.2) is 0 Å². The molecule has 0 aliphatic heterocycles. The Labute approximate surface area is 141 Å². The maximum atomic E-state index is 9.15. The fraction of sp³-hybridized carbons (Fsp3) is 0.455. The largest absolute Gasteiger partial charge is 0.508 e. The molecule has 0 heterocycles. The summed E-state index contributed by atoms with van der Waals surface area (Å²) in [6.45, 7) is 4.38. The van der Waals surface area contributed by atoms with Crippen LogP contribution in [0.2, 0.25) is 0 Å². The van der Waals surface area contributed by atoms with Crippen molar-refractivity contribution in [3.05, 3.63) is 53.6 Å². The van der Waals surface area contributed by atoms with E-state index in [1.54, 1.807) is 12.1 Å². The lowest BCUT2D eigenvalue weighted by atomic mass is 10.0. The third-order valence-electron chi connectivity index (χ3n) is 4.33. The monoisotopic (exact) mass is 310 g/mol. The molecule has 0 unspecified atom stereocenters. The molecule has 1 heteroatoms. The Morgan fingerprint density at radius 2 is 1.30 bits per heavy atom. The van der Waals surface area contributed by atoms with Gasteiger partial charge in [0.15, 0.2) is 0 Å².